The van der Waals surface area contributed by atoms with E-state index in [1.54, 1.807) is 39.5 Å². The van der Waals surface area contributed by atoms with Gasteiger partial charge in [0.05, 0.1) is 20.5 Å². The van der Waals surface area contributed by atoms with E-state index in [0.29, 0.717) is 40.2 Å². The number of carbonyl (C=O) groups excluding carboxylic acids is 1. The second-order valence-electron chi connectivity index (χ2n) is 6.27. The number of methoxy groups -OCH3 is 2. The summed E-state index contributed by atoms with van der Waals surface area (Å²) in [4.78, 5) is 21.6. The Morgan fingerprint density at radius 1 is 1.20 bits per heavy atom. The number of nitrogens with zero attached hydrogens (tertiary/aromatic N) is 4. The number of amides is 1. The lowest BCUT2D eigenvalue weighted by molar-refractivity contribution is 0.0951. The smallest absolute Gasteiger partial charge is 0.256 e. The van der Waals surface area contributed by atoms with Gasteiger partial charge in [-0.05, 0) is 29.8 Å². The molecule has 0 aliphatic heterocycles. The molecule has 1 amide bonds. The van der Waals surface area contributed by atoms with Crippen molar-refractivity contribution in [3.63, 3.8) is 0 Å². The van der Waals surface area contributed by atoms with Gasteiger partial charge in [-0.2, -0.15) is 4.52 Å². The van der Waals surface area contributed by atoms with Crippen molar-refractivity contribution in [3.05, 3.63) is 53.9 Å². The number of rotatable bonds is 7. The summed E-state index contributed by atoms with van der Waals surface area (Å²) in [5.41, 5.74) is 1.51. The van der Waals surface area contributed by atoms with Gasteiger partial charge in [0.2, 0.25) is 11.8 Å². The summed E-state index contributed by atoms with van der Waals surface area (Å²) in [6.45, 7) is 0.290. The fraction of sp³-hybridized carbons (Fsp3) is 0.200. The molecule has 1 aromatic carbocycles. The fourth-order valence-electron chi connectivity index (χ4n) is 2.98. The van der Waals surface area contributed by atoms with E-state index in [0.717, 1.165) is 5.56 Å². The molecule has 0 saturated heterocycles. The lowest BCUT2D eigenvalue weighted by Gasteiger charge is -2.11. The van der Waals surface area contributed by atoms with Gasteiger partial charge in [-0.15, -0.1) is 5.10 Å². The Kier molecular flexibility index (Phi) is 5.21. The van der Waals surface area contributed by atoms with E-state index >= 15 is 0 Å². The second kappa shape index (κ2) is 8.11. The third-order valence-corrected chi connectivity index (χ3v) is 4.48. The highest BCUT2D eigenvalue weighted by Gasteiger charge is 2.19. The number of furan rings is 1. The van der Waals surface area contributed by atoms with Gasteiger partial charge >= 0.3 is 0 Å². The second-order valence-corrected chi connectivity index (χ2v) is 6.27. The molecule has 4 aromatic rings. The molecule has 0 aliphatic carbocycles. The molecule has 0 bridgehead atoms. The van der Waals surface area contributed by atoms with E-state index in [9.17, 15) is 4.79 Å². The van der Waals surface area contributed by atoms with Gasteiger partial charge in [0, 0.05) is 19.8 Å². The van der Waals surface area contributed by atoms with E-state index in [-0.39, 0.29) is 12.5 Å². The minimum absolute atomic E-state index is 0.290. The summed E-state index contributed by atoms with van der Waals surface area (Å²) in [6, 6.07) is 8.94. The number of hydrogen-bond donors (Lipinski definition) is 2. The van der Waals surface area contributed by atoms with Crippen LogP contribution in [-0.4, -0.2) is 46.8 Å². The summed E-state index contributed by atoms with van der Waals surface area (Å²) >= 11 is 0. The Balaban J connectivity index is 1.62. The maximum atomic E-state index is 12.9. The van der Waals surface area contributed by atoms with Crippen molar-refractivity contribution >= 4 is 17.5 Å². The molecule has 10 heteroatoms. The molecule has 2 N–H and O–H groups in total. The molecule has 0 atom stereocenters. The van der Waals surface area contributed by atoms with Gasteiger partial charge in [0.15, 0.2) is 22.9 Å². The van der Waals surface area contributed by atoms with E-state index in [4.69, 9.17) is 13.9 Å². The van der Waals surface area contributed by atoms with Crippen molar-refractivity contribution in [2.75, 3.05) is 26.6 Å². The first-order valence-corrected chi connectivity index (χ1v) is 9.11. The molecular formula is C20H20N6O4. The quantitative estimate of drug-likeness (QED) is 0.479. The van der Waals surface area contributed by atoms with Crippen LogP contribution in [0.4, 0.5) is 5.95 Å². The van der Waals surface area contributed by atoms with E-state index in [1.165, 1.54) is 17.0 Å². The van der Waals surface area contributed by atoms with Crippen LogP contribution in [0.3, 0.4) is 0 Å². The Labute approximate surface area is 171 Å². The van der Waals surface area contributed by atoms with Crippen LogP contribution in [0.25, 0.3) is 17.2 Å². The summed E-state index contributed by atoms with van der Waals surface area (Å²) in [7, 11) is 4.85. The molecule has 0 aliphatic rings. The highest BCUT2D eigenvalue weighted by Crippen LogP contribution is 2.27. The van der Waals surface area contributed by atoms with Crippen LogP contribution in [0, 0.1) is 0 Å². The van der Waals surface area contributed by atoms with Crippen LogP contribution in [-0.2, 0) is 6.54 Å². The molecule has 3 aromatic heterocycles. The van der Waals surface area contributed by atoms with Gasteiger partial charge in [-0.1, -0.05) is 6.07 Å². The topological polar surface area (TPSA) is 116 Å². The van der Waals surface area contributed by atoms with Crippen molar-refractivity contribution < 1.29 is 18.7 Å². The van der Waals surface area contributed by atoms with Crippen LogP contribution in [0.15, 0.2) is 47.2 Å². The fourth-order valence-corrected chi connectivity index (χ4v) is 2.98. The van der Waals surface area contributed by atoms with Gasteiger partial charge < -0.3 is 24.5 Å². The number of carbonyl (C=O) groups is 1. The summed E-state index contributed by atoms with van der Waals surface area (Å²) in [6.07, 6.45) is 3.00. The zero-order chi connectivity index (χ0) is 21.1. The Hall–Kier alpha value is -4.08. The number of benzene rings is 1. The average Bonchev–Trinajstić information content (AvgIpc) is 3.46. The summed E-state index contributed by atoms with van der Waals surface area (Å²) < 4.78 is 17.4. The lowest BCUT2D eigenvalue weighted by Crippen LogP contribution is -2.24. The van der Waals surface area contributed by atoms with Gasteiger partial charge in [0.1, 0.15) is 5.56 Å². The minimum Gasteiger partial charge on any atom is -0.493 e. The lowest BCUT2D eigenvalue weighted by atomic mass is 10.2. The van der Waals surface area contributed by atoms with Crippen molar-refractivity contribution in [2.45, 2.75) is 6.54 Å². The van der Waals surface area contributed by atoms with E-state index in [1.807, 2.05) is 12.1 Å². The molecule has 4 rings (SSSR count). The number of aromatic nitrogens is 4. The molecule has 30 heavy (non-hydrogen) atoms. The van der Waals surface area contributed by atoms with Crippen LogP contribution in [0.1, 0.15) is 15.9 Å². The van der Waals surface area contributed by atoms with Crippen molar-refractivity contribution in [2.24, 2.45) is 0 Å². The normalized spacial score (nSPS) is 10.8. The number of ether oxygens (including phenoxy) is 2. The number of nitrogens with one attached hydrogen (secondary N) is 2. The molecule has 0 fully saturated rings. The standard InChI is InChI=1S/C20H20N6O4/c1-21-20-23-11-13(18-24-17(25-26(18)20)15-5-4-8-30-15)19(27)22-10-12-6-7-14(28-2)16(9-12)29-3/h4-9,11H,10H2,1-3H3,(H,21,23)(H,22,27). The van der Waals surface area contributed by atoms with Crippen molar-refractivity contribution in [1.29, 1.82) is 0 Å². The zero-order valence-electron chi connectivity index (χ0n) is 16.7. The first-order valence-electron chi connectivity index (χ1n) is 9.11. The molecule has 0 saturated carbocycles. The highest BCUT2D eigenvalue weighted by molar-refractivity contribution is 5.99. The van der Waals surface area contributed by atoms with Crippen LogP contribution in [0.2, 0.25) is 0 Å². The summed E-state index contributed by atoms with van der Waals surface area (Å²) in [5, 5.41) is 10.2. The molecule has 0 radical (unpaired) electrons. The first kappa shape index (κ1) is 19.2. The molecular weight excluding hydrogens is 388 g/mol. The van der Waals surface area contributed by atoms with Crippen LogP contribution < -0.4 is 20.1 Å². The zero-order valence-corrected chi connectivity index (χ0v) is 16.7. The molecule has 0 spiro atoms. The Bertz CT molecular complexity index is 1190. The molecule has 0 unspecified atom stereocenters. The SMILES string of the molecule is CNc1ncc(C(=O)NCc2ccc(OC)c(OC)c2)c2nc(-c3ccco3)nn12. The van der Waals surface area contributed by atoms with Gasteiger partial charge in [-0.3, -0.25) is 4.79 Å². The molecule has 3 heterocycles. The number of fused-ring (bicyclic) bond motifs is 1. The van der Waals surface area contributed by atoms with Gasteiger partial charge in [0.25, 0.3) is 5.91 Å². The van der Waals surface area contributed by atoms with Crippen LogP contribution in [0.5, 0.6) is 11.5 Å². The maximum absolute atomic E-state index is 12.9. The van der Waals surface area contributed by atoms with Gasteiger partial charge in [-0.25, -0.2) is 9.97 Å². The van der Waals surface area contributed by atoms with Crippen molar-refractivity contribution in [1.82, 2.24) is 24.9 Å². The Morgan fingerprint density at radius 2 is 2.03 bits per heavy atom. The highest BCUT2D eigenvalue weighted by atomic mass is 16.5. The molecule has 10 nitrogen and oxygen atoms in total. The van der Waals surface area contributed by atoms with E-state index < -0.39 is 0 Å². The Morgan fingerprint density at radius 3 is 2.73 bits per heavy atom. The van der Waals surface area contributed by atoms with E-state index in [2.05, 4.69) is 25.7 Å². The number of anilines is 1. The average molecular weight is 408 g/mol. The van der Waals surface area contributed by atoms with Crippen molar-refractivity contribution in [3.8, 4) is 23.1 Å². The van der Waals surface area contributed by atoms with Crippen LogP contribution >= 0.6 is 0 Å². The third-order valence-electron chi connectivity index (χ3n) is 4.48. The number of hydrogen-bond acceptors (Lipinski definition) is 8. The summed E-state index contributed by atoms with van der Waals surface area (Å²) in [5.74, 6) is 2.19. The third kappa shape index (κ3) is 3.50. The largest absolute Gasteiger partial charge is 0.493 e. The maximum Gasteiger partial charge on any atom is 0.256 e. The monoisotopic (exact) mass is 408 g/mol. The molecule has 154 valence electrons. The minimum atomic E-state index is -0.330. The first-order chi connectivity index (χ1) is 14.6. The predicted molar refractivity (Wildman–Crippen MR) is 109 cm³/mol. The predicted octanol–water partition coefficient (Wildman–Crippen LogP) is 2.37.